The first-order chi connectivity index (χ1) is 9.41. The molecule has 2 rings (SSSR count). The molecule has 0 radical (unpaired) electrons. The van der Waals surface area contributed by atoms with Crippen molar-refractivity contribution in [3.05, 3.63) is 22.7 Å². The summed E-state index contributed by atoms with van der Waals surface area (Å²) in [6.07, 6.45) is -1.10. The molecule has 8 nitrogen and oxygen atoms in total. The van der Waals surface area contributed by atoms with Gasteiger partial charge in [0.15, 0.2) is 6.23 Å². The average Bonchev–Trinajstić information content (AvgIpc) is 2.62. The molecule has 0 unspecified atom stereocenters. The van der Waals surface area contributed by atoms with E-state index >= 15 is 0 Å². The minimum absolute atomic E-state index is 0.0997. The predicted molar refractivity (Wildman–Crippen MR) is 69.9 cm³/mol. The largest absolute Gasteiger partial charge is 0.394 e. The van der Waals surface area contributed by atoms with Crippen LogP contribution in [-0.2, 0) is 9.47 Å². The summed E-state index contributed by atoms with van der Waals surface area (Å²) in [5.41, 5.74) is 3.42. The fourth-order valence-electron chi connectivity index (χ4n) is 2.34. The Morgan fingerprint density at radius 1 is 1.65 bits per heavy atom. The van der Waals surface area contributed by atoms with Crippen molar-refractivity contribution < 1.29 is 19.7 Å². The number of anilines is 1. The Morgan fingerprint density at radius 3 is 2.90 bits per heavy atom. The second-order valence-electron chi connectivity index (χ2n) is 4.84. The molecule has 8 heteroatoms. The second-order valence-corrected chi connectivity index (χ2v) is 4.84. The molecule has 0 aliphatic carbocycles. The molecular weight excluding hydrogens is 266 g/mol. The molecule has 1 aromatic rings. The fraction of sp³-hybridized carbons (Fsp3) is 0.667. The van der Waals surface area contributed by atoms with E-state index in [4.69, 9.17) is 15.2 Å². The first-order valence-corrected chi connectivity index (χ1v) is 6.36. The minimum atomic E-state index is -1.42. The van der Waals surface area contributed by atoms with Gasteiger partial charge in [-0.2, -0.15) is 4.98 Å². The van der Waals surface area contributed by atoms with Crippen LogP contribution in [0, 0.1) is 0 Å². The van der Waals surface area contributed by atoms with Gasteiger partial charge in [-0.3, -0.25) is 4.57 Å². The molecule has 1 aliphatic heterocycles. The molecular formula is C12H19N3O5. The number of ether oxygens (including phenoxy) is 2. The minimum Gasteiger partial charge on any atom is -0.394 e. The highest BCUT2D eigenvalue weighted by atomic mass is 16.6. The van der Waals surface area contributed by atoms with Crippen LogP contribution in [0.5, 0.6) is 0 Å². The summed E-state index contributed by atoms with van der Waals surface area (Å²) < 4.78 is 12.2. The monoisotopic (exact) mass is 285 g/mol. The van der Waals surface area contributed by atoms with Gasteiger partial charge in [0.05, 0.1) is 6.61 Å². The summed E-state index contributed by atoms with van der Waals surface area (Å²) in [4.78, 5) is 15.5. The molecule has 0 aromatic carbocycles. The lowest BCUT2D eigenvalue weighted by Gasteiger charge is -2.29. The van der Waals surface area contributed by atoms with Crippen LogP contribution < -0.4 is 11.4 Å². The molecule has 2 heterocycles. The zero-order chi connectivity index (χ0) is 14.9. The van der Waals surface area contributed by atoms with Crippen molar-refractivity contribution in [3.8, 4) is 0 Å². The van der Waals surface area contributed by atoms with Gasteiger partial charge < -0.3 is 25.4 Å². The van der Waals surface area contributed by atoms with Crippen molar-refractivity contribution in [2.75, 3.05) is 18.9 Å². The molecule has 0 spiro atoms. The van der Waals surface area contributed by atoms with Crippen molar-refractivity contribution in [3.63, 3.8) is 0 Å². The van der Waals surface area contributed by atoms with Gasteiger partial charge >= 0.3 is 5.69 Å². The number of nitrogens with zero attached hydrogens (tertiary/aromatic N) is 2. The zero-order valence-electron chi connectivity index (χ0n) is 11.4. The third-order valence-electron chi connectivity index (χ3n) is 3.43. The first kappa shape index (κ1) is 14.9. The summed E-state index contributed by atoms with van der Waals surface area (Å²) in [5, 5.41) is 19.8. The van der Waals surface area contributed by atoms with Crippen molar-refractivity contribution in [2.24, 2.45) is 0 Å². The Morgan fingerprint density at radius 2 is 2.35 bits per heavy atom. The topological polar surface area (TPSA) is 120 Å². The lowest BCUT2D eigenvalue weighted by Crippen LogP contribution is -2.48. The number of nitrogens with two attached hydrogens (primary N) is 1. The van der Waals surface area contributed by atoms with E-state index in [1.54, 1.807) is 6.92 Å². The van der Waals surface area contributed by atoms with Crippen LogP contribution >= 0.6 is 0 Å². The van der Waals surface area contributed by atoms with Crippen molar-refractivity contribution in [1.29, 1.82) is 0 Å². The Kier molecular flexibility index (Phi) is 4.09. The Hall–Kier alpha value is -1.48. The first-order valence-electron chi connectivity index (χ1n) is 6.36. The molecule has 4 N–H and O–H groups in total. The van der Waals surface area contributed by atoms with Crippen molar-refractivity contribution in [1.82, 2.24) is 9.55 Å². The SMILES string of the molecule is CCO[C@H]1[C@H](n2ccc(N)nc2=O)O[C@H](CO)[C@]1(C)O. The maximum atomic E-state index is 11.9. The zero-order valence-corrected chi connectivity index (χ0v) is 11.4. The molecule has 0 bridgehead atoms. The summed E-state index contributed by atoms with van der Waals surface area (Å²) in [6.45, 7) is 3.22. The molecule has 112 valence electrons. The highest BCUT2D eigenvalue weighted by molar-refractivity contribution is 5.23. The quantitative estimate of drug-likeness (QED) is 0.640. The second kappa shape index (κ2) is 5.49. The van der Waals surface area contributed by atoms with Gasteiger partial charge in [0, 0.05) is 12.8 Å². The summed E-state index contributed by atoms with van der Waals surface area (Å²) in [7, 11) is 0. The van der Waals surface area contributed by atoms with Crippen LogP contribution in [-0.4, -0.2) is 50.8 Å². The maximum absolute atomic E-state index is 11.9. The van der Waals surface area contributed by atoms with Crippen molar-refractivity contribution in [2.45, 2.75) is 37.9 Å². The van der Waals surface area contributed by atoms with Gasteiger partial charge in [-0.05, 0) is 19.9 Å². The molecule has 20 heavy (non-hydrogen) atoms. The number of nitrogen functional groups attached to an aromatic ring is 1. The maximum Gasteiger partial charge on any atom is 0.351 e. The van der Waals surface area contributed by atoms with E-state index in [1.165, 1.54) is 23.8 Å². The summed E-state index contributed by atoms with van der Waals surface area (Å²) in [6, 6.07) is 1.45. The van der Waals surface area contributed by atoms with Gasteiger partial charge in [0.2, 0.25) is 0 Å². The standard InChI is InChI=1S/C12H19N3O5/c1-3-19-9-10(20-7(6-16)12(9,2)18)15-5-4-8(13)14-11(15)17/h4-5,7,9-10,16,18H,3,6H2,1-2H3,(H2,13,14,17)/t7-,9+,10-,12+/m1/s1. The van der Waals surface area contributed by atoms with Gasteiger partial charge in [0.1, 0.15) is 23.6 Å². The van der Waals surface area contributed by atoms with Crippen LogP contribution in [0.25, 0.3) is 0 Å². The lowest BCUT2D eigenvalue weighted by molar-refractivity contribution is -0.0994. The molecule has 1 fully saturated rings. The third-order valence-corrected chi connectivity index (χ3v) is 3.43. The van der Waals surface area contributed by atoms with Gasteiger partial charge in [-0.1, -0.05) is 0 Å². The van der Waals surface area contributed by atoms with Crippen LogP contribution in [0.4, 0.5) is 5.82 Å². The van der Waals surface area contributed by atoms with E-state index in [0.717, 1.165) is 0 Å². The molecule has 1 aromatic heterocycles. The van der Waals surface area contributed by atoms with Crippen LogP contribution in [0.3, 0.4) is 0 Å². The molecule has 1 saturated heterocycles. The van der Waals surface area contributed by atoms with E-state index < -0.39 is 29.7 Å². The predicted octanol–water partition coefficient (Wildman–Crippen LogP) is -1.13. The van der Waals surface area contributed by atoms with Crippen molar-refractivity contribution >= 4 is 5.82 Å². The summed E-state index contributed by atoms with van der Waals surface area (Å²) in [5.74, 6) is 0.0997. The van der Waals surface area contributed by atoms with E-state index in [0.29, 0.717) is 6.61 Å². The molecule has 1 aliphatic rings. The number of aliphatic hydroxyl groups excluding tert-OH is 1. The Labute approximate surface area is 115 Å². The summed E-state index contributed by atoms with van der Waals surface area (Å²) >= 11 is 0. The number of aliphatic hydroxyl groups is 2. The highest BCUT2D eigenvalue weighted by Crippen LogP contribution is 2.38. The van der Waals surface area contributed by atoms with Gasteiger partial charge in [-0.25, -0.2) is 4.79 Å². The Balaban J connectivity index is 2.41. The smallest absolute Gasteiger partial charge is 0.351 e. The van der Waals surface area contributed by atoms with Gasteiger partial charge in [0.25, 0.3) is 0 Å². The van der Waals surface area contributed by atoms with Crippen LogP contribution in [0.15, 0.2) is 17.1 Å². The van der Waals surface area contributed by atoms with E-state index in [2.05, 4.69) is 4.98 Å². The van der Waals surface area contributed by atoms with Crippen LogP contribution in [0.2, 0.25) is 0 Å². The lowest BCUT2D eigenvalue weighted by atomic mass is 9.94. The molecule has 0 amide bonds. The Bertz CT molecular complexity index is 530. The number of hydrogen-bond donors (Lipinski definition) is 3. The van der Waals surface area contributed by atoms with Gasteiger partial charge in [-0.15, -0.1) is 0 Å². The van der Waals surface area contributed by atoms with Crippen LogP contribution in [0.1, 0.15) is 20.1 Å². The van der Waals surface area contributed by atoms with E-state index in [-0.39, 0.29) is 12.4 Å². The number of aromatic nitrogens is 2. The molecule has 0 saturated carbocycles. The average molecular weight is 285 g/mol. The molecule has 4 atom stereocenters. The fourth-order valence-corrected chi connectivity index (χ4v) is 2.34. The number of hydrogen-bond acceptors (Lipinski definition) is 7. The van der Waals surface area contributed by atoms with E-state index in [9.17, 15) is 15.0 Å². The third kappa shape index (κ3) is 2.42. The van der Waals surface area contributed by atoms with E-state index in [1.807, 2.05) is 0 Å². The highest BCUT2D eigenvalue weighted by Gasteiger charge is 2.54. The number of rotatable bonds is 4. The normalized spacial score (nSPS) is 33.5.